The average Bonchev–Trinajstić information content (AvgIpc) is 2.56. The van der Waals surface area contributed by atoms with Crippen LogP contribution in [0, 0.1) is 6.92 Å². The van der Waals surface area contributed by atoms with Gasteiger partial charge in [-0.3, -0.25) is 4.79 Å². The van der Waals surface area contributed by atoms with E-state index in [1.165, 1.54) is 0 Å². The molecule has 1 N–H and O–H groups in total. The van der Waals surface area contributed by atoms with Gasteiger partial charge in [0, 0.05) is 6.04 Å². The lowest BCUT2D eigenvalue weighted by Crippen LogP contribution is -2.38. The third-order valence-electron chi connectivity index (χ3n) is 3.70. The predicted molar refractivity (Wildman–Crippen MR) is 96.7 cm³/mol. The van der Waals surface area contributed by atoms with Gasteiger partial charge in [0.1, 0.15) is 0 Å². The number of rotatable bonds is 8. The number of hydrogen-bond acceptors (Lipinski definition) is 4. The molecule has 2 aromatic rings. The molecule has 2 rings (SSSR count). The molecule has 2 aromatic carbocycles. The van der Waals surface area contributed by atoms with E-state index in [4.69, 9.17) is 4.74 Å². The van der Waals surface area contributed by atoms with Gasteiger partial charge >= 0.3 is 5.97 Å². The molecular formula is C19H23NO4S. The Morgan fingerprint density at radius 2 is 1.72 bits per heavy atom. The summed E-state index contributed by atoms with van der Waals surface area (Å²) >= 11 is 0. The van der Waals surface area contributed by atoms with Crippen LogP contribution in [0.5, 0.6) is 0 Å². The third kappa shape index (κ3) is 5.99. The number of benzene rings is 2. The molecule has 0 aliphatic rings. The molecule has 134 valence electrons. The van der Waals surface area contributed by atoms with Gasteiger partial charge in [-0.15, -0.1) is 0 Å². The maximum absolute atomic E-state index is 12.6. The van der Waals surface area contributed by atoms with Gasteiger partial charge in [-0.05, 0) is 38.0 Å². The number of nitrogens with one attached hydrogen (secondary N) is 1. The zero-order valence-electron chi connectivity index (χ0n) is 14.4. The smallest absolute Gasteiger partial charge is 0.307 e. The molecule has 0 saturated heterocycles. The Bertz CT molecular complexity index is 786. The Morgan fingerprint density at radius 3 is 2.32 bits per heavy atom. The van der Waals surface area contributed by atoms with Gasteiger partial charge in [0.05, 0.1) is 17.9 Å². The summed E-state index contributed by atoms with van der Waals surface area (Å²) in [4.78, 5) is 12.0. The van der Waals surface area contributed by atoms with Crippen LogP contribution in [0.15, 0.2) is 59.5 Å². The number of sulfonamides is 1. The highest BCUT2D eigenvalue weighted by Crippen LogP contribution is 2.14. The summed E-state index contributed by atoms with van der Waals surface area (Å²) < 4.78 is 32.9. The molecular weight excluding hydrogens is 338 g/mol. The second kappa shape index (κ2) is 8.78. The normalized spacial score (nSPS) is 12.6. The predicted octanol–water partition coefficient (Wildman–Crippen LogP) is 2.84. The minimum atomic E-state index is -3.71. The largest absolute Gasteiger partial charge is 0.466 e. The highest BCUT2D eigenvalue weighted by molar-refractivity contribution is 7.89. The molecule has 25 heavy (non-hydrogen) atoms. The zero-order chi connectivity index (χ0) is 18.3. The van der Waals surface area contributed by atoms with E-state index in [-0.39, 0.29) is 17.9 Å². The van der Waals surface area contributed by atoms with Gasteiger partial charge in [0.15, 0.2) is 0 Å². The molecule has 0 bridgehead atoms. The van der Waals surface area contributed by atoms with E-state index in [9.17, 15) is 13.2 Å². The van der Waals surface area contributed by atoms with Crippen LogP contribution in [0.4, 0.5) is 0 Å². The summed E-state index contributed by atoms with van der Waals surface area (Å²) in [5, 5.41) is 0. The first-order valence-electron chi connectivity index (χ1n) is 8.19. The van der Waals surface area contributed by atoms with Crippen LogP contribution in [-0.2, 0) is 26.0 Å². The molecule has 0 fully saturated rings. The maximum atomic E-state index is 12.6. The van der Waals surface area contributed by atoms with E-state index in [1.54, 1.807) is 31.2 Å². The van der Waals surface area contributed by atoms with E-state index in [1.807, 2.05) is 37.3 Å². The molecule has 0 saturated carbocycles. The molecule has 0 aromatic heterocycles. The standard InChI is InChI=1S/C19H23NO4S/c1-3-24-19(21)14-17(13-16-7-5-4-6-8-16)20-25(22,23)18-11-9-15(2)10-12-18/h4-12,17,20H,3,13-14H2,1-2H3. The highest BCUT2D eigenvalue weighted by atomic mass is 32.2. The minimum Gasteiger partial charge on any atom is -0.466 e. The first-order chi connectivity index (χ1) is 11.9. The molecule has 6 heteroatoms. The van der Waals surface area contributed by atoms with Crippen LogP contribution in [0.25, 0.3) is 0 Å². The fourth-order valence-electron chi connectivity index (χ4n) is 2.48. The number of esters is 1. The number of carbonyl (C=O) groups excluding carboxylic acids is 1. The topological polar surface area (TPSA) is 72.5 Å². The van der Waals surface area contributed by atoms with Crippen LogP contribution in [0.3, 0.4) is 0 Å². The summed E-state index contributed by atoms with van der Waals surface area (Å²) in [6.07, 6.45) is 0.387. The molecule has 0 aliphatic heterocycles. The monoisotopic (exact) mass is 361 g/mol. The molecule has 5 nitrogen and oxygen atoms in total. The van der Waals surface area contributed by atoms with E-state index in [0.29, 0.717) is 6.42 Å². The van der Waals surface area contributed by atoms with Gasteiger partial charge in [-0.2, -0.15) is 0 Å². The minimum absolute atomic E-state index is 0.0200. The van der Waals surface area contributed by atoms with Crippen molar-refractivity contribution in [1.29, 1.82) is 0 Å². The summed E-state index contributed by atoms with van der Waals surface area (Å²) in [6.45, 7) is 3.88. The average molecular weight is 361 g/mol. The van der Waals surface area contributed by atoms with Crippen LogP contribution < -0.4 is 4.72 Å². The number of ether oxygens (including phenoxy) is 1. The fourth-order valence-corrected chi connectivity index (χ4v) is 3.72. The van der Waals surface area contributed by atoms with Gasteiger partial charge in [-0.1, -0.05) is 48.0 Å². The highest BCUT2D eigenvalue weighted by Gasteiger charge is 2.23. The summed E-state index contributed by atoms with van der Waals surface area (Å²) in [5.74, 6) is -0.421. The summed E-state index contributed by atoms with van der Waals surface area (Å²) in [5.41, 5.74) is 1.93. The molecule has 1 unspecified atom stereocenters. The van der Waals surface area contributed by atoms with Crippen molar-refractivity contribution in [2.75, 3.05) is 6.61 Å². The lowest BCUT2D eigenvalue weighted by molar-refractivity contribution is -0.143. The van der Waals surface area contributed by atoms with Gasteiger partial charge in [-0.25, -0.2) is 13.1 Å². The second-order valence-corrected chi connectivity index (χ2v) is 7.54. The van der Waals surface area contributed by atoms with E-state index in [0.717, 1.165) is 11.1 Å². The van der Waals surface area contributed by atoms with Crippen LogP contribution in [-0.4, -0.2) is 27.0 Å². The number of hydrogen-bond donors (Lipinski definition) is 1. The quantitative estimate of drug-likeness (QED) is 0.734. The molecule has 1 atom stereocenters. The van der Waals surface area contributed by atoms with E-state index in [2.05, 4.69) is 4.72 Å². The van der Waals surface area contributed by atoms with Crippen molar-refractivity contribution < 1.29 is 17.9 Å². The first kappa shape index (κ1) is 19.1. The van der Waals surface area contributed by atoms with Crippen LogP contribution in [0.1, 0.15) is 24.5 Å². The third-order valence-corrected chi connectivity index (χ3v) is 5.23. The van der Waals surface area contributed by atoms with E-state index >= 15 is 0 Å². The molecule has 0 amide bonds. The number of aryl methyl sites for hydroxylation is 1. The Labute approximate surface area is 149 Å². The van der Waals surface area contributed by atoms with Crippen LogP contribution in [0.2, 0.25) is 0 Å². The first-order valence-corrected chi connectivity index (χ1v) is 9.67. The van der Waals surface area contributed by atoms with Crippen molar-refractivity contribution in [3.8, 4) is 0 Å². The van der Waals surface area contributed by atoms with Crippen molar-refractivity contribution in [2.45, 2.75) is 37.6 Å². The number of carbonyl (C=O) groups is 1. The Kier molecular flexibility index (Phi) is 6.73. The van der Waals surface area contributed by atoms with Crippen molar-refractivity contribution in [3.05, 3.63) is 65.7 Å². The molecule has 0 aliphatic carbocycles. The SMILES string of the molecule is CCOC(=O)CC(Cc1ccccc1)NS(=O)(=O)c1ccc(C)cc1. The summed E-state index contributed by atoms with van der Waals surface area (Å²) in [6, 6.07) is 15.5. The fraction of sp³-hybridized carbons (Fsp3) is 0.316. The van der Waals surface area contributed by atoms with Crippen molar-refractivity contribution >= 4 is 16.0 Å². The Morgan fingerprint density at radius 1 is 1.08 bits per heavy atom. The molecule has 0 spiro atoms. The van der Waals surface area contributed by atoms with Gasteiger partial charge in [0.2, 0.25) is 10.0 Å². The Hall–Kier alpha value is -2.18. The van der Waals surface area contributed by atoms with E-state index < -0.39 is 22.0 Å². The lowest BCUT2D eigenvalue weighted by Gasteiger charge is -2.18. The second-order valence-electron chi connectivity index (χ2n) is 5.83. The van der Waals surface area contributed by atoms with Crippen molar-refractivity contribution in [3.63, 3.8) is 0 Å². The molecule has 0 radical (unpaired) electrons. The van der Waals surface area contributed by atoms with Crippen LogP contribution >= 0.6 is 0 Å². The zero-order valence-corrected chi connectivity index (χ0v) is 15.3. The molecule has 0 heterocycles. The summed E-state index contributed by atoms with van der Waals surface area (Å²) in [7, 11) is -3.71. The van der Waals surface area contributed by atoms with Gasteiger partial charge in [0.25, 0.3) is 0 Å². The maximum Gasteiger partial charge on any atom is 0.307 e. The van der Waals surface area contributed by atoms with Crippen molar-refractivity contribution in [1.82, 2.24) is 4.72 Å². The van der Waals surface area contributed by atoms with Gasteiger partial charge < -0.3 is 4.74 Å². The Balaban J connectivity index is 2.18. The van der Waals surface area contributed by atoms with Crippen molar-refractivity contribution in [2.24, 2.45) is 0 Å². The lowest BCUT2D eigenvalue weighted by atomic mass is 10.0.